The Morgan fingerprint density at radius 1 is 1.24 bits per heavy atom. The highest BCUT2D eigenvalue weighted by molar-refractivity contribution is 5.79. The molecule has 0 spiro atoms. The molecule has 0 radical (unpaired) electrons. The van der Waals surface area contributed by atoms with E-state index in [1.165, 1.54) is 6.42 Å². The SMILES string of the molecule is CCC1CCC(C(=O)NCC(Cc2ccccc2OC)C(=O)O)CC1. The maximum absolute atomic E-state index is 12.4. The number of nitrogens with one attached hydrogen (secondary N) is 1. The number of para-hydroxylation sites is 1. The average molecular weight is 347 g/mol. The van der Waals surface area contributed by atoms with E-state index in [1.807, 2.05) is 24.3 Å². The van der Waals surface area contributed by atoms with Crippen LogP contribution in [0.5, 0.6) is 5.75 Å². The highest BCUT2D eigenvalue weighted by atomic mass is 16.5. The topological polar surface area (TPSA) is 75.6 Å². The molecule has 138 valence electrons. The van der Waals surface area contributed by atoms with Crippen LogP contribution < -0.4 is 10.1 Å². The van der Waals surface area contributed by atoms with Crippen LogP contribution in [0.3, 0.4) is 0 Å². The molecule has 1 aromatic rings. The van der Waals surface area contributed by atoms with E-state index in [4.69, 9.17) is 4.74 Å². The van der Waals surface area contributed by atoms with Gasteiger partial charge in [-0.2, -0.15) is 0 Å². The lowest BCUT2D eigenvalue weighted by Crippen LogP contribution is -2.38. The van der Waals surface area contributed by atoms with Gasteiger partial charge in [-0.3, -0.25) is 9.59 Å². The van der Waals surface area contributed by atoms with Crippen molar-refractivity contribution in [1.29, 1.82) is 0 Å². The summed E-state index contributed by atoms with van der Waals surface area (Å²) in [6.45, 7) is 2.35. The van der Waals surface area contributed by atoms with Crippen LogP contribution in [0.15, 0.2) is 24.3 Å². The summed E-state index contributed by atoms with van der Waals surface area (Å²) in [5.74, 6) is -0.114. The Morgan fingerprint density at radius 2 is 1.92 bits per heavy atom. The van der Waals surface area contributed by atoms with E-state index in [2.05, 4.69) is 12.2 Å². The van der Waals surface area contributed by atoms with Crippen LogP contribution in [0, 0.1) is 17.8 Å². The number of carboxylic acids is 1. The molecule has 0 bridgehead atoms. The Hall–Kier alpha value is -2.04. The van der Waals surface area contributed by atoms with Crippen molar-refractivity contribution in [2.24, 2.45) is 17.8 Å². The van der Waals surface area contributed by atoms with Crippen LogP contribution in [0.1, 0.15) is 44.6 Å². The van der Waals surface area contributed by atoms with Gasteiger partial charge in [0.05, 0.1) is 13.0 Å². The maximum atomic E-state index is 12.4. The van der Waals surface area contributed by atoms with E-state index in [1.54, 1.807) is 7.11 Å². The molecule has 1 aliphatic rings. The molecule has 1 fully saturated rings. The number of amides is 1. The predicted octanol–water partition coefficient (Wildman–Crippen LogP) is 3.27. The van der Waals surface area contributed by atoms with Gasteiger partial charge in [0, 0.05) is 12.5 Å². The average Bonchev–Trinajstić information content (AvgIpc) is 2.64. The number of carbonyl (C=O) groups excluding carboxylic acids is 1. The van der Waals surface area contributed by atoms with Gasteiger partial charge in [0.2, 0.25) is 5.91 Å². The van der Waals surface area contributed by atoms with Gasteiger partial charge in [0.25, 0.3) is 0 Å². The van der Waals surface area contributed by atoms with Gasteiger partial charge in [-0.15, -0.1) is 0 Å². The first-order valence-corrected chi connectivity index (χ1v) is 9.17. The molecule has 1 unspecified atom stereocenters. The quantitative estimate of drug-likeness (QED) is 0.757. The molecule has 1 amide bonds. The van der Waals surface area contributed by atoms with Crippen molar-refractivity contribution in [3.8, 4) is 5.75 Å². The number of carbonyl (C=O) groups is 2. The molecular weight excluding hydrogens is 318 g/mol. The zero-order valence-corrected chi connectivity index (χ0v) is 15.2. The second-order valence-electron chi connectivity index (χ2n) is 6.92. The number of rotatable bonds is 8. The second-order valence-corrected chi connectivity index (χ2v) is 6.92. The van der Waals surface area contributed by atoms with Gasteiger partial charge in [-0.1, -0.05) is 31.5 Å². The standard InChI is InChI=1S/C20H29NO4/c1-3-14-8-10-15(11-9-14)19(22)21-13-17(20(23)24)12-16-6-4-5-7-18(16)25-2/h4-7,14-15,17H,3,8-13H2,1-2H3,(H,21,22)(H,23,24). The van der Waals surface area contributed by atoms with E-state index < -0.39 is 11.9 Å². The summed E-state index contributed by atoms with van der Waals surface area (Å²) in [7, 11) is 1.57. The Kier molecular flexibility index (Phi) is 7.29. The third-order valence-corrected chi connectivity index (χ3v) is 5.33. The first-order valence-electron chi connectivity index (χ1n) is 9.17. The van der Waals surface area contributed by atoms with Crippen molar-refractivity contribution < 1.29 is 19.4 Å². The first kappa shape index (κ1) is 19.3. The van der Waals surface area contributed by atoms with Crippen molar-refractivity contribution in [2.45, 2.75) is 45.4 Å². The third kappa shape index (κ3) is 5.48. The molecule has 5 nitrogen and oxygen atoms in total. The lowest BCUT2D eigenvalue weighted by molar-refractivity contribution is -0.141. The molecule has 2 rings (SSSR count). The molecule has 1 saturated carbocycles. The molecule has 0 heterocycles. The molecule has 5 heteroatoms. The summed E-state index contributed by atoms with van der Waals surface area (Å²) in [6.07, 6.45) is 5.52. The Balaban J connectivity index is 1.89. The molecule has 0 saturated heterocycles. The fourth-order valence-electron chi connectivity index (χ4n) is 3.58. The van der Waals surface area contributed by atoms with E-state index >= 15 is 0 Å². The number of hydrogen-bond donors (Lipinski definition) is 2. The molecule has 25 heavy (non-hydrogen) atoms. The maximum Gasteiger partial charge on any atom is 0.308 e. The number of methoxy groups -OCH3 is 1. The molecule has 1 aliphatic carbocycles. The Labute approximate surface area is 149 Å². The van der Waals surface area contributed by atoms with Crippen LogP contribution in [-0.4, -0.2) is 30.6 Å². The monoisotopic (exact) mass is 347 g/mol. The fourth-order valence-corrected chi connectivity index (χ4v) is 3.58. The van der Waals surface area contributed by atoms with Crippen molar-refractivity contribution in [3.63, 3.8) is 0 Å². The van der Waals surface area contributed by atoms with Gasteiger partial charge in [-0.05, 0) is 49.7 Å². The lowest BCUT2D eigenvalue weighted by Gasteiger charge is -2.27. The predicted molar refractivity (Wildman–Crippen MR) is 96.6 cm³/mol. The van der Waals surface area contributed by atoms with Gasteiger partial charge in [0.15, 0.2) is 0 Å². The van der Waals surface area contributed by atoms with Crippen LogP contribution in [-0.2, 0) is 16.0 Å². The van der Waals surface area contributed by atoms with E-state index in [-0.39, 0.29) is 18.4 Å². The van der Waals surface area contributed by atoms with E-state index in [9.17, 15) is 14.7 Å². The van der Waals surface area contributed by atoms with Crippen LogP contribution in [0.2, 0.25) is 0 Å². The molecule has 0 aliphatic heterocycles. The lowest BCUT2D eigenvalue weighted by atomic mass is 9.80. The zero-order chi connectivity index (χ0) is 18.2. The summed E-state index contributed by atoms with van der Waals surface area (Å²) in [5.41, 5.74) is 0.843. The minimum atomic E-state index is -0.902. The van der Waals surface area contributed by atoms with Crippen LogP contribution in [0.25, 0.3) is 0 Å². The van der Waals surface area contributed by atoms with Crippen molar-refractivity contribution >= 4 is 11.9 Å². The van der Waals surface area contributed by atoms with Crippen molar-refractivity contribution in [1.82, 2.24) is 5.32 Å². The Bertz CT molecular complexity index is 579. The van der Waals surface area contributed by atoms with E-state index in [0.29, 0.717) is 12.2 Å². The fraction of sp³-hybridized carbons (Fsp3) is 0.600. The summed E-state index contributed by atoms with van der Waals surface area (Å²) in [5, 5.41) is 12.4. The zero-order valence-electron chi connectivity index (χ0n) is 15.2. The number of hydrogen-bond acceptors (Lipinski definition) is 3. The van der Waals surface area contributed by atoms with Crippen LogP contribution in [0.4, 0.5) is 0 Å². The first-order chi connectivity index (χ1) is 12.0. The smallest absolute Gasteiger partial charge is 0.308 e. The molecule has 1 atom stereocenters. The molecule has 2 N–H and O–H groups in total. The summed E-state index contributed by atoms with van der Waals surface area (Å²) in [4.78, 5) is 23.9. The summed E-state index contributed by atoms with van der Waals surface area (Å²) >= 11 is 0. The number of ether oxygens (including phenoxy) is 1. The van der Waals surface area contributed by atoms with Crippen LogP contribution >= 0.6 is 0 Å². The Morgan fingerprint density at radius 3 is 2.52 bits per heavy atom. The van der Waals surface area contributed by atoms with Gasteiger partial charge < -0.3 is 15.2 Å². The largest absolute Gasteiger partial charge is 0.496 e. The van der Waals surface area contributed by atoms with Gasteiger partial charge >= 0.3 is 5.97 Å². The number of benzene rings is 1. The number of aliphatic carboxylic acids is 1. The minimum absolute atomic E-state index is 0.000768. The molecular formula is C20H29NO4. The van der Waals surface area contributed by atoms with Gasteiger partial charge in [-0.25, -0.2) is 0 Å². The normalized spacial score (nSPS) is 21.4. The van der Waals surface area contributed by atoms with Crippen molar-refractivity contribution in [2.75, 3.05) is 13.7 Å². The highest BCUT2D eigenvalue weighted by Crippen LogP contribution is 2.30. The molecule has 1 aromatic carbocycles. The minimum Gasteiger partial charge on any atom is -0.496 e. The summed E-state index contributed by atoms with van der Waals surface area (Å²) in [6, 6.07) is 7.40. The van der Waals surface area contributed by atoms with Gasteiger partial charge in [0.1, 0.15) is 5.75 Å². The number of carboxylic acid groups (broad SMARTS) is 1. The second kappa shape index (κ2) is 9.44. The summed E-state index contributed by atoms with van der Waals surface area (Å²) < 4.78 is 5.29. The molecule has 0 aromatic heterocycles. The van der Waals surface area contributed by atoms with Crippen molar-refractivity contribution in [3.05, 3.63) is 29.8 Å². The highest BCUT2D eigenvalue weighted by Gasteiger charge is 2.27. The third-order valence-electron chi connectivity index (χ3n) is 5.33. The van der Waals surface area contributed by atoms with E-state index in [0.717, 1.165) is 37.2 Å².